The van der Waals surface area contributed by atoms with E-state index in [-0.39, 0.29) is 5.97 Å². The highest BCUT2D eigenvalue weighted by Gasteiger charge is 2.37. The number of hydrogen-bond acceptors (Lipinski definition) is 3. The van der Waals surface area contributed by atoms with E-state index in [0.29, 0.717) is 11.3 Å². The van der Waals surface area contributed by atoms with Crippen molar-refractivity contribution in [3.05, 3.63) is 77.5 Å². The van der Waals surface area contributed by atoms with Crippen LogP contribution in [0.1, 0.15) is 17.2 Å². The summed E-state index contributed by atoms with van der Waals surface area (Å²) in [6.45, 7) is 0. The Hall–Kier alpha value is -2.55. The van der Waals surface area contributed by atoms with E-state index in [9.17, 15) is 4.79 Å². The number of cyclic esters (lactones) is 1. The number of carbonyl (C=O) groups excluding carboxylic acids is 1. The molecule has 0 saturated heterocycles. The van der Waals surface area contributed by atoms with Gasteiger partial charge in [-0.05, 0) is 5.56 Å². The van der Waals surface area contributed by atoms with Gasteiger partial charge in [0.25, 0.3) is 0 Å². The van der Waals surface area contributed by atoms with E-state index in [0.717, 1.165) is 11.1 Å². The summed E-state index contributed by atoms with van der Waals surface area (Å²) in [6.07, 6.45) is -0.469. The fourth-order valence-corrected chi connectivity index (χ4v) is 2.37. The monoisotopic (exact) mass is 266 g/mol. The Bertz CT molecular complexity index is 644. The van der Waals surface area contributed by atoms with Crippen molar-refractivity contribution in [3.8, 4) is 0 Å². The average Bonchev–Trinajstić information content (AvgIpc) is 2.85. The van der Waals surface area contributed by atoms with Gasteiger partial charge >= 0.3 is 5.97 Å². The number of methoxy groups -OCH3 is 1. The molecular weight excluding hydrogens is 252 g/mol. The molecule has 2 aromatic rings. The van der Waals surface area contributed by atoms with Crippen molar-refractivity contribution < 1.29 is 14.3 Å². The first-order valence-electron chi connectivity index (χ1n) is 6.41. The third-order valence-corrected chi connectivity index (χ3v) is 3.30. The maximum atomic E-state index is 12.2. The summed E-state index contributed by atoms with van der Waals surface area (Å²) in [4.78, 5) is 12.2. The van der Waals surface area contributed by atoms with Crippen LogP contribution in [0.5, 0.6) is 0 Å². The summed E-state index contributed by atoms with van der Waals surface area (Å²) in [5.41, 5.74) is 2.22. The van der Waals surface area contributed by atoms with Crippen molar-refractivity contribution in [2.45, 2.75) is 6.10 Å². The van der Waals surface area contributed by atoms with Gasteiger partial charge in [-0.3, -0.25) is 0 Å². The van der Waals surface area contributed by atoms with E-state index in [2.05, 4.69) is 0 Å². The fourth-order valence-electron chi connectivity index (χ4n) is 2.37. The summed E-state index contributed by atoms with van der Waals surface area (Å²) >= 11 is 0. The molecule has 0 amide bonds. The van der Waals surface area contributed by atoms with Gasteiger partial charge in [-0.15, -0.1) is 0 Å². The van der Waals surface area contributed by atoms with Crippen LogP contribution in [0.3, 0.4) is 0 Å². The molecule has 3 nitrogen and oxygen atoms in total. The van der Waals surface area contributed by atoms with Gasteiger partial charge in [0.2, 0.25) is 0 Å². The molecule has 0 radical (unpaired) electrons. The summed E-state index contributed by atoms with van der Waals surface area (Å²) in [5, 5.41) is 0. The minimum absolute atomic E-state index is 0.345. The quantitative estimate of drug-likeness (QED) is 0.799. The van der Waals surface area contributed by atoms with Crippen molar-refractivity contribution in [3.63, 3.8) is 0 Å². The topological polar surface area (TPSA) is 35.5 Å². The summed E-state index contributed by atoms with van der Waals surface area (Å²) < 4.78 is 10.9. The van der Waals surface area contributed by atoms with Gasteiger partial charge in [0.05, 0.1) is 7.11 Å². The van der Waals surface area contributed by atoms with Gasteiger partial charge in [-0.25, -0.2) is 4.79 Å². The molecular formula is C17H14O3. The number of ether oxygens (including phenoxy) is 2. The molecule has 0 bridgehead atoms. The number of rotatable bonds is 3. The molecule has 1 aliphatic heterocycles. The Balaban J connectivity index is 2.09. The van der Waals surface area contributed by atoms with E-state index in [4.69, 9.17) is 9.47 Å². The average molecular weight is 266 g/mol. The second-order valence-electron chi connectivity index (χ2n) is 4.51. The van der Waals surface area contributed by atoms with Crippen LogP contribution in [0, 0.1) is 0 Å². The molecule has 1 aliphatic rings. The first-order valence-corrected chi connectivity index (χ1v) is 6.41. The smallest absolute Gasteiger partial charge is 0.343 e. The standard InChI is InChI=1S/C17H14O3/c1-19-16-14(12-8-4-2-5-9-12)17(18)20-15(16)13-10-6-3-7-11-13/h2-11,15H,1H3/t15-/m1/s1. The molecule has 3 rings (SSSR count). The first-order chi connectivity index (χ1) is 9.81. The van der Waals surface area contributed by atoms with Gasteiger partial charge in [-0.2, -0.15) is 0 Å². The predicted octanol–water partition coefficient (Wildman–Crippen LogP) is 3.34. The second-order valence-corrected chi connectivity index (χ2v) is 4.51. The summed E-state index contributed by atoms with van der Waals surface area (Å²) in [6, 6.07) is 19.0. The van der Waals surface area contributed by atoms with Gasteiger partial charge in [-0.1, -0.05) is 60.7 Å². The van der Waals surface area contributed by atoms with Crippen LogP contribution in [0.4, 0.5) is 0 Å². The Kier molecular flexibility index (Phi) is 3.25. The molecule has 0 N–H and O–H groups in total. The Morgan fingerprint density at radius 3 is 2.15 bits per heavy atom. The third-order valence-electron chi connectivity index (χ3n) is 3.30. The zero-order chi connectivity index (χ0) is 13.9. The van der Waals surface area contributed by atoms with E-state index in [1.54, 1.807) is 7.11 Å². The SMILES string of the molecule is COC1=C(c2ccccc2)C(=O)O[C@@H]1c1ccccc1. The van der Waals surface area contributed by atoms with E-state index in [1.165, 1.54) is 0 Å². The van der Waals surface area contributed by atoms with Crippen LogP contribution in [0.2, 0.25) is 0 Å². The van der Waals surface area contributed by atoms with Crippen molar-refractivity contribution >= 4 is 11.5 Å². The van der Waals surface area contributed by atoms with Crippen molar-refractivity contribution in [2.24, 2.45) is 0 Å². The molecule has 0 fully saturated rings. The highest BCUT2D eigenvalue weighted by molar-refractivity contribution is 6.19. The zero-order valence-corrected chi connectivity index (χ0v) is 11.1. The highest BCUT2D eigenvalue weighted by atomic mass is 16.6. The van der Waals surface area contributed by atoms with Gasteiger partial charge in [0.15, 0.2) is 11.9 Å². The van der Waals surface area contributed by atoms with Crippen molar-refractivity contribution in [1.82, 2.24) is 0 Å². The van der Waals surface area contributed by atoms with Crippen LogP contribution < -0.4 is 0 Å². The second kappa shape index (κ2) is 5.21. The number of esters is 1. The number of hydrogen-bond donors (Lipinski definition) is 0. The molecule has 3 heteroatoms. The lowest BCUT2D eigenvalue weighted by Gasteiger charge is -2.13. The molecule has 0 spiro atoms. The summed E-state index contributed by atoms with van der Waals surface area (Å²) in [7, 11) is 1.57. The Morgan fingerprint density at radius 1 is 0.950 bits per heavy atom. The third kappa shape index (κ3) is 2.07. The zero-order valence-electron chi connectivity index (χ0n) is 11.1. The fraction of sp³-hybridized carbons (Fsp3) is 0.118. The molecule has 0 aromatic heterocycles. The summed E-state index contributed by atoms with van der Waals surface area (Å²) in [5.74, 6) is 0.217. The minimum atomic E-state index is -0.469. The molecule has 0 aliphatic carbocycles. The molecule has 100 valence electrons. The molecule has 2 aromatic carbocycles. The predicted molar refractivity (Wildman–Crippen MR) is 75.6 cm³/mol. The maximum absolute atomic E-state index is 12.2. The Morgan fingerprint density at radius 2 is 1.55 bits per heavy atom. The van der Waals surface area contributed by atoms with Crippen LogP contribution in [0.25, 0.3) is 5.57 Å². The Labute approximate surface area is 117 Å². The molecule has 20 heavy (non-hydrogen) atoms. The van der Waals surface area contributed by atoms with E-state index >= 15 is 0 Å². The molecule has 1 heterocycles. The first kappa shape index (κ1) is 12.5. The van der Waals surface area contributed by atoms with Crippen LogP contribution >= 0.6 is 0 Å². The number of benzene rings is 2. The van der Waals surface area contributed by atoms with Crippen LogP contribution in [-0.2, 0) is 14.3 Å². The van der Waals surface area contributed by atoms with Gasteiger partial charge in [0, 0.05) is 5.56 Å². The molecule has 0 unspecified atom stereocenters. The minimum Gasteiger partial charge on any atom is -0.496 e. The maximum Gasteiger partial charge on any atom is 0.343 e. The lowest BCUT2D eigenvalue weighted by molar-refractivity contribution is -0.138. The van der Waals surface area contributed by atoms with E-state index in [1.807, 2.05) is 60.7 Å². The number of carbonyl (C=O) groups is 1. The van der Waals surface area contributed by atoms with Crippen LogP contribution in [0.15, 0.2) is 66.4 Å². The van der Waals surface area contributed by atoms with E-state index < -0.39 is 6.10 Å². The van der Waals surface area contributed by atoms with Crippen molar-refractivity contribution in [2.75, 3.05) is 7.11 Å². The highest BCUT2D eigenvalue weighted by Crippen LogP contribution is 2.39. The van der Waals surface area contributed by atoms with Gasteiger partial charge < -0.3 is 9.47 Å². The lowest BCUT2D eigenvalue weighted by atomic mass is 10.0. The largest absolute Gasteiger partial charge is 0.496 e. The molecule has 0 saturated carbocycles. The molecule has 1 atom stereocenters. The van der Waals surface area contributed by atoms with Crippen molar-refractivity contribution in [1.29, 1.82) is 0 Å². The van der Waals surface area contributed by atoms with Gasteiger partial charge in [0.1, 0.15) is 5.57 Å². The normalized spacial score (nSPS) is 18.1. The van der Waals surface area contributed by atoms with Crippen LogP contribution in [-0.4, -0.2) is 13.1 Å². The lowest BCUT2D eigenvalue weighted by Crippen LogP contribution is -2.03.